The fourth-order valence-electron chi connectivity index (χ4n) is 22.1. The van der Waals surface area contributed by atoms with Crippen LogP contribution in [0.3, 0.4) is 0 Å². The van der Waals surface area contributed by atoms with Crippen molar-refractivity contribution in [2.24, 2.45) is 0 Å². The molecule has 26 rings (SSSR count). The van der Waals surface area contributed by atoms with Gasteiger partial charge in [0.2, 0.25) is 0 Å². The lowest BCUT2D eigenvalue weighted by Gasteiger charge is -2.42. The molecule has 6 heterocycles. The van der Waals surface area contributed by atoms with Crippen LogP contribution in [0.25, 0.3) is 133 Å². The minimum absolute atomic E-state index is 0.120. The summed E-state index contributed by atoms with van der Waals surface area (Å²) in [6.45, 7) is 20.4. The molecule has 6 nitrogen and oxygen atoms in total. The van der Waals surface area contributed by atoms with E-state index in [0.29, 0.717) is 0 Å². The number of fused-ring (bicyclic) bond motifs is 18. The number of rotatable bonds is 9. The fraction of sp³-hybridized carbons (Fsp3) is 0.102. The van der Waals surface area contributed by atoms with E-state index >= 15 is 0 Å². The first kappa shape index (κ1) is 75.7. The second kappa shape index (κ2) is 31.3. The van der Waals surface area contributed by atoms with E-state index in [4.69, 9.17) is 11.3 Å². The first-order valence-corrected chi connectivity index (χ1v) is 46.3. The fourth-order valence-corrected chi connectivity index (χ4v) is 22.1. The molecule has 134 heavy (non-hydrogen) atoms. The number of nitrogens with zero attached hydrogens (tertiary/aromatic N) is 5. The SMILES string of the molecule is CC1(C)c2ccccc2-c2ccc(N3c4ccc(F)cc4C(C)(C)c4cc(-c5ccc6oc7ccccc7c6c5)ccc43)cc21.Cc1ccc2c(c1)C(C)(C)c1cc(-c3ccc4c(c3)c3ccccc3n4-c3ccccc3)ccc1N2c1ccc(-c2ccccc2)cc1.[2H]c1c([2H])c([2H])c(N2c3ccccc3C(C)(C)c3cc(-c4ccc5c(c4)c4ccccc4n5-c4ccccc4)ccc32)c([2H])c1[2H]. The maximum atomic E-state index is 14.9. The van der Waals surface area contributed by atoms with Crippen LogP contribution in [0, 0.1) is 12.7 Å². The number of furan rings is 1. The molecule has 0 bridgehead atoms. The van der Waals surface area contributed by atoms with E-state index in [2.05, 4.69) is 421 Å². The summed E-state index contributed by atoms with van der Waals surface area (Å²) in [6.07, 6.45) is 0. The van der Waals surface area contributed by atoms with Crippen molar-refractivity contribution < 1.29 is 15.7 Å². The van der Waals surface area contributed by atoms with E-state index in [0.717, 1.165) is 106 Å². The zero-order chi connectivity index (χ0) is 95.0. The molecule has 0 saturated carbocycles. The van der Waals surface area contributed by atoms with Gasteiger partial charge in [-0.15, -0.1) is 0 Å². The smallest absolute Gasteiger partial charge is 0.135 e. The van der Waals surface area contributed by atoms with Crippen molar-refractivity contribution in [3.63, 3.8) is 0 Å². The lowest BCUT2D eigenvalue weighted by Crippen LogP contribution is -2.31. The van der Waals surface area contributed by atoms with Gasteiger partial charge >= 0.3 is 0 Å². The van der Waals surface area contributed by atoms with Crippen molar-refractivity contribution in [2.45, 2.75) is 84.0 Å². The van der Waals surface area contributed by atoms with Crippen LogP contribution in [0.5, 0.6) is 0 Å². The molecule has 0 saturated heterocycles. The van der Waals surface area contributed by atoms with E-state index in [1.165, 1.54) is 122 Å². The Kier molecular flexibility index (Phi) is 17.7. The van der Waals surface area contributed by atoms with Gasteiger partial charge in [0.15, 0.2) is 0 Å². The quantitative estimate of drug-likeness (QED) is 0.144. The molecule has 3 aromatic heterocycles. The third-order valence-electron chi connectivity index (χ3n) is 29.0. The van der Waals surface area contributed by atoms with Crippen molar-refractivity contribution in [2.75, 3.05) is 14.7 Å². The van der Waals surface area contributed by atoms with Gasteiger partial charge in [-0.2, -0.15) is 0 Å². The molecule has 1 aliphatic carbocycles. The molecule has 4 aliphatic rings. The van der Waals surface area contributed by atoms with Gasteiger partial charge in [0.05, 0.1) is 63.0 Å². The van der Waals surface area contributed by atoms with Gasteiger partial charge < -0.3 is 28.3 Å². The largest absolute Gasteiger partial charge is 0.456 e. The Bertz CT molecular complexity index is 8780. The van der Waals surface area contributed by atoms with Crippen LogP contribution < -0.4 is 14.7 Å². The van der Waals surface area contributed by atoms with Crippen LogP contribution in [0.4, 0.5) is 55.6 Å². The molecule has 0 spiro atoms. The first-order valence-electron chi connectivity index (χ1n) is 48.8. The van der Waals surface area contributed by atoms with Gasteiger partial charge in [-0.1, -0.05) is 310 Å². The summed E-state index contributed by atoms with van der Waals surface area (Å²) < 4.78 is 68.3. The van der Waals surface area contributed by atoms with E-state index in [1.54, 1.807) is 12.1 Å². The maximum Gasteiger partial charge on any atom is 0.135 e. The predicted octanol–water partition coefficient (Wildman–Crippen LogP) is 34.9. The Balaban J connectivity index is 0.000000113. The van der Waals surface area contributed by atoms with Crippen molar-refractivity contribution >= 4 is 117 Å². The van der Waals surface area contributed by atoms with Crippen LogP contribution in [-0.4, -0.2) is 9.13 Å². The molecule has 7 heteroatoms. The molecule has 0 atom stereocenters. The number of hydrogen-bond donors (Lipinski definition) is 0. The van der Waals surface area contributed by atoms with Crippen molar-refractivity contribution in [1.82, 2.24) is 9.13 Å². The number of aryl methyl sites for hydroxylation is 1. The summed E-state index contributed by atoms with van der Waals surface area (Å²) >= 11 is 0. The summed E-state index contributed by atoms with van der Waals surface area (Å²) in [4.78, 5) is 6.62. The Morgan fingerprint density at radius 2 is 0.604 bits per heavy atom. The van der Waals surface area contributed by atoms with E-state index in [1.807, 2.05) is 53.4 Å². The number of halogens is 1. The highest BCUT2D eigenvalue weighted by molar-refractivity contribution is 6.13. The summed E-state index contributed by atoms with van der Waals surface area (Å²) in [7, 11) is 0. The Labute approximate surface area is 788 Å². The molecule has 19 aromatic carbocycles. The molecular weight excluding hydrogens is 1630 g/mol. The van der Waals surface area contributed by atoms with Crippen molar-refractivity contribution in [3.05, 3.63) is 486 Å². The number of aromatic nitrogens is 2. The zero-order valence-corrected chi connectivity index (χ0v) is 76.1. The monoisotopic (exact) mass is 1730 g/mol. The molecule has 3 aliphatic heterocycles. The molecule has 644 valence electrons. The second-order valence-electron chi connectivity index (χ2n) is 38.2. The number of para-hydroxylation sites is 7. The van der Waals surface area contributed by atoms with Gasteiger partial charge in [0.1, 0.15) is 17.0 Å². The van der Waals surface area contributed by atoms with Gasteiger partial charge in [-0.05, 0) is 289 Å². The minimum atomic E-state index is -0.419. The highest BCUT2D eigenvalue weighted by Crippen LogP contribution is 2.59. The molecule has 0 amide bonds. The summed E-state index contributed by atoms with van der Waals surface area (Å²) in [5.41, 5.74) is 39.0. The van der Waals surface area contributed by atoms with E-state index in [-0.39, 0.29) is 46.5 Å². The standard InChI is InChI=1S/C46H36N2.C42H32FNO.C39H30N2/c1-31-18-25-44-40(28-31)46(2,3)41-30-35(22-27-45(41)48(44)37-23-19-33(20-24-37)32-12-6-4-7-13-32)34-21-26-43-39(29-34)38-16-10-11-17-42(38)47(43)36-14-8-5-9-15-36;1-41(2)33-11-7-5-9-29(33)30-17-16-28(24-34(30)41)44-37-18-13-26(22-35(37)42(3,4)36-23-27(43)15-19-38(36)44)25-14-20-40-32(21-25)31-10-6-8-12-39(31)45-40;1-39(2)33-18-10-12-20-37(33)41(30-15-7-4-8-16-30)38-24-22-28(26-34(38)39)27-21-23-36-32(25-27)31-17-9-11-19-35(31)40(36)29-13-5-3-6-14-29/h4-30H,1-3H3;5-24H,1-4H3;3-26H,1-2H3/i;;4D,7D,8D,15D,16D. The second-order valence-corrected chi connectivity index (χ2v) is 38.2. The van der Waals surface area contributed by atoms with Gasteiger partial charge in [-0.25, -0.2) is 4.39 Å². The number of hydrogen-bond acceptors (Lipinski definition) is 4. The summed E-state index contributed by atoms with van der Waals surface area (Å²) in [6, 6.07) is 140. The van der Waals surface area contributed by atoms with Crippen LogP contribution in [0.2, 0.25) is 0 Å². The lowest BCUT2D eigenvalue weighted by atomic mass is 9.72. The number of benzene rings is 19. The first-order chi connectivity index (χ1) is 67.4. The van der Waals surface area contributed by atoms with Gasteiger partial charge in [0, 0.05) is 82.4 Å². The molecular formula is C127H98FN5O. The third-order valence-corrected chi connectivity index (χ3v) is 29.0. The zero-order valence-electron chi connectivity index (χ0n) is 81.1. The maximum absolute atomic E-state index is 14.9. The van der Waals surface area contributed by atoms with Crippen LogP contribution in [0.15, 0.2) is 435 Å². The van der Waals surface area contributed by atoms with E-state index in [9.17, 15) is 4.39 Å². The Morgan fingerprint density at radius 1 is 0.231 bits per heavy atom. The predicted molar refractivity (Wildman–Crippen MR) is 560 cm³/mol. The average Bonchev–Trinajstić information content (AvgIpc) is 1.71. The molecule has 0 radical (unpaired) electrons. The van der Waals surface area contributed by atoms with Crippen LogP contribution in [-0.2, 0) is 21.7 Å². The molecule has 22 aromatic rings. The molecule has 0 N–H and O–H groups in total. The van der Waals surface area contributed by atoms with Gasteiger partial charge in [-0.3, -0.25) is 0 Å². The third kappa shape index (κ3) is 13.1. The highest BCUT2D eigenvalue weighted by atomic mass is 19.1. The average molecular weight is 1730 g/mol. The topological polar surface area (TPSA) is 32.7 Å². The summed E-state index contributed by atoms with van der Waals surface area (Å²) in [5.74, 6) is -0.218. The van der Waals surface area contributed by atoms with E-state index < -0.39 is 16.9 Å². The normalized spacial score (nSPS) is 14.8. The van der Waals surface area contributed by atoms with Crippen molar-refractivity contribution in [1.29, 1.82) is 0 Å². The summed E-state index contributed by atoms with van der Waals surface area (Å²) in [5, 5.41) is 7.11. The van der Waals surface area contributed by atoms with Gasteiger partial charge in [0.25, 0.3) is 0 Å². The minimum Gasteiger partial charge on any atom is -0.456 e. The molecule has 0 fully saturated rings. The van der Waals surface area contributed by atoms with Crippen LogP contribution >= 0.6 is 0 Å². The lowest BCUT2D eigenvalue weighted by molar-refractivity contribution is 0.596. The Hall–Kier alpha value is -16.1. The Morgan fingerprint density at radius 3 is 1.19 bits per heavy atom. The van der Waals surface area contributed by atoms with Crippen molar-refractivity contribution in [3.8, 4) is 67.0 Å². The number of anilines is 9. The van der Waals surface area contributed by atoms with Crippen LogP contribution in [0.1, 0.15) is 112 Å². The highest BCUT2D eigenvalue weighted by Gasteiger charge is 2.43. The molecule has 0 unspecified atom stereocenters.